The smallest absolute Gasteiger partial charge is 0.309 e. The molecule has 3 N–H and O–H groups in total. The lowest BCUT2D eigenvalue weighted by Gasteiger charge is -2.37. The van der Waals surface area contributed by atoms with Crippen LogP contribution < -0.4 is 16.0 Å². The van der Waals surface area contributed by atoms with Gasteiger partial charge in [0, 0.05) is 37.0 Å². The molecular formula is C23H27N3O3. The Balaban J connectivity index is 1.21. The second kappa shape index (κ2) is 9.09. The molecule has 0 unspecified atom stereocenters. The van der Waals surface area contributed by atoms with E-state index in [1.54, 1.807) is 0 Å². The summed E-state index contributed by atoms with van der Waals surface area (Å²) in [5.41, 5.74) is 4.60. The molecule has 2 aliphatic heterocycles. The van der Waals surface area contributed by atoms with Crippen molar-refractivity contribution in [3.63, 3.8) is 0 Å². The van der Waals surface area contributed by atoms with Gasteiger partial charge in [0.05, 0.1) is 6.10 Å². The van der Waals surface area contributed by atoms with E-state index in [1.165, 1.54) is 5.56 Å². The van der Waals surface area contributed by atoms with E-state index in [0.29, 0.717) is 32.0 Å². The summed E-state index contributed by atoms with van der Waals surface area (Å²) in [6, 6.07) is 16.7. The maximum atomic E-state index is 12.0. The fourth-order valence-electron chi connectivity index (χ4n) is 3.98. The molecule has 152 valence electrons. The summed E-state index contributed by atoms with van der Waals surface area (Å²) >= 11 is 0. The second-order valence-electron chi connectivity index (χ2n) is 7.64. The van der Waals surface area contributed by atoms with E-state index >= 15 is 0 Å². The Kier molecular flexibility index (Phi) is 6.10. The summed E-state index contributed by atoms with van der Waals surface area (Å²) in [7, 11) is 0. The Morgan fingerprint density at radius 2 is 1.69 bits per heavy atom. The first-order valence-electron chi connectivity index (χ1n) is 10.3. The van der Waals surface area contributed by atoms with E-state index in [-0.39, 0.29) is 6.10 Å². The number of hydrogen-bond acceptors (Lipinski definition) is 4. The minimum absolute atomic E-state index is 0.162. The Morgan fingerprint density at radius 1 is 0.966 bits per heavy atom. The highest BCUT2D eigenvalue weighted by Crippen LogP contribution is 2.39. The Labute approximate surface area is 171 Å². The Bertz CT molecular complexity index is 869. The molecule has 6 nitrogen and oxygen atoms in total. The quantitative estimate of drug-likeness (QED) is 0.659. The zero-order valence-corrected chi connectivity index (χ0v) is 16.4. The van der Waals surface area contributed by atoms with E-state index < -0.39 is 11.8 Å². The molecule has 0 radical (unpaired) electrons. The largest absolute Gasteiger partial charge is 0.382 e. The van der Waals surface area contributed by atoms with Crippen LogP contribution in [-0.4, -0.2) is 37.6 Å². The number of fused-ring (bicyclic) bond motifs is 4. The number of amides is 2. The minimum atomic E-state index is -0.587. The number of anilines is 1. The minimum Gasteiger partial charge on any atom is -0.382 e. The number of hydrogen-bond donors (Lipinski definition) is 3. The van der Waals surface area contributed by atoms with Gasteiger partial charge in [-0.3, -0.25) is 9.59 Å². The fraction of sp³-hybridized carbons (Fsp3) is 0.391. The van der Waals surface area contributed by atoms with E-state index in [1.807, 2.05) is 30.3 Å². The van der Waals surface area contributed by atoms with Gasteiger partial charge in [-0.1, -0.05) is 42.5 Å². The zero-order chi connectivity index (χ0) is 20.1. The van der Waals surface area contributed by atoms with Gasteiger partial charge in [-0.2, -0.15) is 0 Å². The zero-order valence-electron chi connectivity index (χ0n) is 16.4. The van der Waals surface area contributed by atoms with Crippen LogP contribution in [-0.2, 0) is 27.2 Å². The molecule has 2 aliphatic rings. The Hall–Kier alpha value is -2.86. The molecular weight excluding hydrogens is 366 g/mol. The van der Waals surface area contributed by atoms with Gasteiger partial charge < -0.3 is 20.7 Å². The normalized spacial score (nSPS) is 19.6. The van der Waals surface area contributed by atoms with Crippen LogP contribution in [0.4, 0.5) is 5.69 Å². The maximum absolute atomic E-state index is 12.0. The van der Waals surface area contributed by atoms with Crippen molar-refractivity contribution in [2.45, 2.75) is 37.8 Å². The molecule has 0 aliphatic carbocycles. The van der Waals surface area contributed by atoms with Gasteiger partial charge in [0.1, 0.15) is 0 Å². The highest BCUT2D eigenvalue weighted by molar-refractivity contribution is 6.35. The molecule has 4 rings (SSSR count). The molecule has 2 aromatic rings. The van der Waals surface area contributed by atoms with Crippen molar-refractivity contribution < 1.29 is 14.3 Å². The summed E-state index contributed by atoms with van der Waals surface area (Å²) in [5.74, 6) is -1.17. The highest BCUT2D eigenvalue weighted by Gasteiger charge is 2.30. The van der Waals surface area contributed by atoms with Gasteiger partial charge in [0.15, 0.2) is 0 Å². The lowest BCUT2D eigenvalue weighted by molar-refractivity contribution is -0.139. The number of nitrogens with one attached hydrogen (secondary N) is 3. The molecule has 0 aromatic heterocycles. The molecule has 2 atom stereocenters. The van der Waals surface area contributed by atoms with Crippen LogP contribution in [0.25, 0.3) is 0 Å². The lowest BCUT2D eigenvalue weighted by Crippen LogP contribution is -2.41. The number of ether oxygens (including phenoxy) is 1. The van der Waals surface area contributed by atoms with Crippen molar-refractivity contribution in [2.75, 3.05) is 25.0 Å². The van der Waals surface area contributed by atoms with Crippen LogP contribution in [0.5, 0.6) is 0 Å². The van der Waals surface area contributed by atoms with Gasteiger partial charge in [-0.15, -0.1) is 0 Å². The molecule has 1 saturated heterocycles. The third-order valence-corrected chi connectivity index (χ3v) is 5.55. The lowest BCUT2D eigenvalue weighted by atomic mass is 9.90. The summed E-state index contributed by atoms with van der Waals surface area (Å²) < 4.78 is 5.91. The SMILES string of the molecule is O=C(NCCc1ccccc1)C(=O)NCCc1ccc2c(c1)[C@@H]1C[C@@H](CCO1)N2. The van der Waals surface area contributed by atoms with Gasteiger partial charge in [-0.25, -0.2) is 0 Å². The monoisotopic (exact) mass is 393 g/mol. The van der Waals surface area contributed by atoms with Crippen LogP contribution in [0.3, 0.4) is 0 Å². The maximum Gasteiger partial charge on any atom is 0.309 e. The molecule has 0 saturated carbocycles. The van der Waals surface area contributed by atoms with Crippen molar-refractivity contribution in [3.05, 3.63) is 65.2 Å². The van der Waals surface area contributed by atoms with Gasteiger partial charge >= 0.3 is 11.8 Å². The average molecular weight is 393 g/mol. The first-order valence-corrected chi connectivity index (χ1v) is 10.3. The van der Waals surface area contributed by atoms with Gasteiger partial charge in [0.2, 0.25) is 0 Å². The van der Waals surface area contributed by atoms with Crippen molar-refractivity contribution in [2.24, 2.45) is 0 Å². The summed E-state index contributed by atoms with van der Waals surface area (Å²) in [5, 5.41) is 8.95. The van der Waals surface area contributed by atoms with Crippen molar-refractivity contribution in [1.82, 2.24) is 10.6 Å². The number of carbonyl (C=O) groups is 2. The van der Waals surface area contributed by atoms with E-state index in [9.17, 15) is 9.59 Å². The second-order valence-corrected chi connectivity index (χ2v) is 7.64. The summed E-state index contributed by atoms with van der Waals surface area (Å²) in [4.78, 5) is 23.9. The van der Waals surface area contributed by atoms with Crippen LogP contribution in [0.1, 0.15) is 35.6 Å². The van der Waals surface area contributed by atoms with Gasteiger partial charge in [0.25, 0.3) is 0 Å². The topological polar surface area (TPSA) is 79.5 Å². The van der Waals surface area contributed by atoms with E-state index in [0.717, 1.165) is 36.3 Å². The molecule has 29 heavy (non-hydrogen) atoms. The first-order chi connectivity index (χ1) is 14.2. The highest BCUT2D eigenvalue weighted by atomic mass is 16.5. The molecule has 6 heteroatoms. The Morgan fingerprint density at radius 3 is 2.45 bits per heavy atom. The van der Waals surface area contributed by atoms with Crippen molar-refractivity contribution in [1.29, 1.82) is 0 Å². The van der Waals surface area contributed by atoms with Crippen LogP contribution >= 0.6 is 0 Å². The number of rotatable bonds is 6. The average Bonchev–Trinajstić information content (AvgIpc) is 2.75. The fourth-order valence-corrected chi connectivity index (χ4v) is 3.98. The summed E-state index contributed by atoms with van der Waals surface area (Å²) in [6.45, 7) is 1.66. The van der Waals surface area contributed by atoms with E-state index in [2.05, 4.69) is 34.1 Å². The molecule has 2 amide bonds. The molecule has 2 heterocycles. The third-order valence-electron chi connectivity index (χ3n) is 5.55. The molecule has 1 fully saturated rings. The molecule has 0 spiro atoms. The molecule has 2 aromatic carbocycles. The van der Waals surface area contributed by atoms with Crippen molar-refractivity contribution >= 4 is 17.5 Å². The molecule has 2 bridgehead atoms. The van der Waals surface area contributed by atoms with Crippen LogP contribution in [0.15, 0.2) is 48.5 Å². The number of benzene rings is 2. The van der Waals surface area contributed by atoms with Crippen LogP contribution in [0.2, 0.25) is 0 Å². The third kappa shape index (κ3) is 4.95. The van der Waals surface area contributed by atoms with E-state index in [4.69, 9.17) is 4.74 Å². The predicted octanol–water partition coefficient (Wildman–Crippen LogP) is 2.35. The first kappa shape index (κ1) is 19.5. The standard InChI is InChI=1S/C23H27N3O3/c27-22(24-11-8-16-4-2-1-3-5-16)23(28)25-12-9-17-6-7-20-19(14-17)21-15-18(26-20)10-13-29-21/h1-7,14,18,21,26H,8-13,15H2,(H,24,27)(H,25,28)/t18-,21+/m1/s1. The van der Waals surface area contributed by atoms with Gasteiger partial charge in [-0.05, 0) is 42.9 Å². The number of carbonyl (C=O) groups excluding carboxylic acids is 2. The predicted molar refractivity (Wildman–Crippen MR) is 112 cm³/mol. The van der Waals surface area contributed by atoms with Crippen LogP contribution in [0, 0.1) is 0 Å². The van der Waals surface area contributed by atoms with Crippen molar-refractivity contribution in [3.8, 4) is 0 Å². The summed E-state index contributed by atoms with van der Waals surface area (Å²) in [6.07, 6.45) is 3.60.